The summed E-state index contributed by atoms with van der Waals surface area (Å²) in [6, 6.07) is 6.11. The molecule has 2 saturated heterocycles. The van der Waals surface area contributed by atoms with Gasteiger partial charge in [-0.2, -0.15) is 0 Å². The normalized spacial score (nSPS) is 22.8. The van der Waals surface area contributed by atoms with E-state index in [1.54, 1.807) is 6.20 Å². The average Bonchev–Trinajstić information content (AvgIpc) is 3.43. The number of amides is 1. The molecule has 1 atom stereocenters. The zero-order chi connectivity index (χ0) is 22.7. The number of nitrogens with one attached hydrogen (secondary N) is 1. The molecular formula is C25H32N6O. The van der Waals surface area contributed by atoms with Gasteiger partial charge in [-0.15, -0.1) is 0 Å². The number of fused-ring (bicyclic) bond motifs is 1. The Morgan fingerprint density at radius 2 is 1.94 bits per heavy atom. The van der Waals surface area contributed by atoms with Crippen LogP contribution in [-0.2, 0) is 0 Å². The molecule has 2 aromatic heterocycles. The molecule has 0 radical (unpaired) electrons. The van der Waals surface area contributed by atoms with Crippen molar-refractivity contribution in [2.24, 2.45) is 11.1 Å². The van der Waals surface area contributed by atoms with Gasteiger partial charge in [0.1, 0.15) is 5.82 Å². The highest BCUT2D eigenvalue weighted by molar-refractivity contribution is 6.03. The number of pyridine rings is 1. The van der Waals surface area contributed by atoms with Gasteiger partial charge < -0.3 is 20.5 Å². The topological polar surface area (TPSA) is 91.1 Å². The van der Waals surface area contributed by atoms with Gasteiger partial charge in [0.25, 0.3) is 5.91 Å². The second-order valence-electron chi connectivity index (χ2n) is 10.6. The average molecular weight is 433 g/mol. The van der Waals surface area contributed by atoms with E-state index in [0.29, 0.717) is 12.1 Å². The highest BCUT2D eigenvalue weighted by Gasteiger charge is 2.37. The molecule has 7 heteroatoms. The number of nitrogens with zero attached hydrogens (tertiary/aromatic N) is 4. The number of carbonyl (C=O) groups is 1. The first-order valence-corrected chi connectivity index (χ1v) is 11.4. The maximum absolute atomic E-state index is 13.7. The van der Waals surface area contributed by atoms with Crippen LogP contribution in [-0.4, -0.2) is 57.5 Å². The third-order valence-corrected chi connectivity index (χ3v) is 6.90. The van der Waals surface area contributed by atoms with Crippen molar-refractivity contribution in [3.05, 3.63) is 41.7 Å². The molecule has 1 aromatic carbocycles. The number of aryl methyl sites for hydroxylation is 1. The second-order valence-corrected chi connectivity index (χ2v) is 10.6. The van der Waals surface area contributed by atoms with Crippen molar-refractivity contribution in [1.82, 2.24) is 19.9 Å². The van der Waals surface area contributed by atoms with E-state index in [2.05, 4.69) is 48.6 Å². The van der Waals surface area contributed by atoms with Gasteiger partial charge in [0.2, 0.25) is 0 Å². The van der Waals surface area contributed by atoms with Crippen LogP contribution in [0.3, 0.4) is 0 Å². The Bertz CT molecular complexity index is 1190. The van der Waals surface area contributed by atoms with Gasteiger partial charge in [-0.25, -0.2) is 4.98 Å². The van der Waals surface area contributed by atoms with E-state index in [9.17, 15) is 4.79 Å². The Morgan fingerprint density at radius 1 is 1.12 bits per heavy atom. The number of likely N-dealkylation sites (tertiary alicyclic amines) is 1. The first-order chi connectivity index (χ1) is 15.1. The Morgan fingerprint density at radius 3 is 2.59 bits per heavy atom. The fourth-order valence-electron chi connectivity index (χ4n) is 5.06. The molecule has 0 aliphatic carbocycles. The molecule has 32 heavy (non-hydrogen) atoms. The predicted molar refractivity (Wildman–Crippen MR) is 128 cm³/mol. The molecular weight excluding hydrogens is 400 g/mol. The number of rotatable bonds is 3. The number of anilines is 1. The molecule has 0 spiro atoms. The predicted octanol–water partition coefficient (Wildman–Crippen LogP) is 3.73. The number of hydrogen-bond acceptors (Lipinski definition) is 5. The van der Waals surface area contributed by atoms with Gasteiger partial charge in [0, 0.05) is 44.1 Å². The fraction of sp³-hybridized carbons (Fsp3) is 0.480. The van der Waals surface area contributed by atoms with Crippen molar-refractivity contribution in [2.75, 3.05) is 31.1 Å². The van der Waals surface area contributed by atoms with Crippen LogP contribution in [0.15, 0.2) is 30.6 Å². The van der Waals surface area contributed by atoms with Crippen LogP contribution >= 0.6 is 0 Å². The minimum absolute atomic E-state index is 0.0397. The van der Waals surface area contributed by atoms with Crippen LogP contribution in [0.4, 0.5) is 5.69 Å². The largest absolute Gasteiger partial charge is 0.368 e. The lowest BCUT2D eigenvalue weighted by Crippen LogP contribution is -2.40. The molecule has 4 heterocycles. The Labute approximate surface area is 189 Å². The zero-order valence-corrected chi connectivity index (χ0v) is 19.4. The zero-order valence-electron chi connectivity index (χ0n) is 19.4. The summed E-state index contributed by atoms with van der Waals surface area (Å²) in [5.41, 5.74) is 11.7. The van der Waals surface area contributed by atoms with E-state index in [4.69, 9.17) is 10.7 Å². The summed E-state index contributed by atoms with van der Waals surface area (Å²) in [6.07, 6.45) is 5.42. The molecule has 2 aliphatic rings. The van der Waals surface area contributed by atoms with Crippen molar-refractivity contribution >= 4 is 22.6 Å². The minimum atomic E-state index is -0.291. The van der Waals surface area contributed by atoms with Gasteiger partial charge in [-0.05, 0) is 43.7 Å². The summed E-state index contributed by atoms with van der Waals surface area (Å²) >= 11 is 0. The monoisotopic (exact) mass is 432 g/mol. The maximum Gasteiger partial charge on any atom is 0.257 e. The number of para-hydroxylation sites is 1. The summed E-state index contributed by atoms with van der Waals surface area (Å²) in [4.78, 5) is 30.7. The fourth-order valence-corrected chi connectivity index (χ4v) is 5.06. The SMILES string of the molecule is Cc1cccc2[nH]c(-c3cncc(C(=O)N4CCC(C)(C)C4)c3N3CC[C@](C)(N)C3)nc12. The van der Waals surface area contributed by atoms with Crippen LogP contribution in [0.5, 0.6) is 0 Å². The van der Waals surface area contributed by atoms with E-state index >= 15 is 0 Å². The molecule has 5 rings (SSSR count). The Kier molecular flexibility index (Phi) is 4.78. The van der Waals surface area contributed by atoms with Crippen molar-refractivity contribution in [2.45, 2.75) is 46.1 Å². The van der Waals surface area contributed by atoms with Crippen LogP contribution in [0.1, 0.15) is 49.5 Å². The van der Waals surface area contributed by atoms with E-state index in [1.165, 1.54) is 0 Å². The van der Waals surface area contributed by atoms with Gasteiger partial charge in [-0.3, -0.25) is 9.78 Å². The van der Waals surface area contributed by atoms with E-state index < -0.39 is 0 Å². The van der Waals surface area contributed by atoms with Crippen LogP contribution in [0.25, 0.3) is 22.4 Å². The third kappa shape index (κ3) is 3.64. The molecule has 0 bridgehead atoms. The summed E-state index contributed by atoms with van der Waals surface area (Å²) < 4.78 is 0. The van der Waals surface area contributed by atoms with Gasteiger partial charge >= 0.3 is 0 Å². The first kappa shape index (κ1) is 20.9. The molecule has 1 amide bonds. The van der Waals surface area contributed by atoms with Crippen molar-refractivity contribution in [3.63, 3.8) is 0 Å². The number of benzene rings is 1. The number of aromatic nitrogens is 3. The molecule has 3 N–H and O–H groups in total. The van der Waals surface area contributed by atoms with Crippen LogP contribution < -0.4 is 10.6 Å². The molecule has 168 valence electrons. The van der Waals surface area contributed by atoms with Crippen LogP contribution in [0, 0.1) is 12.3 Å². The molecule has 3 aromatic rings. The van der Waals surface area contributed by atoms with Gasteiger partial charge in [0.05, 0.1) is 27.8 Å². The van der Waals surface area contributed by atoms with Crippen molar-refractivity contribution in [1.29, 1.82) is 0 Å². The lowest BCUT2D eigenvalue weighted by molar-refractivity contribution is 0.0778. The number of aromatic amines is 1. The summed E-state index contributed by atoms with van der Waals surface area (Å²) in [7, 11) is 0. The Hall–Kier alpha value is -2.93. The van der Waals surface area contributed by atoms with Gasteiger partial charge in [0.15, 0.2) is 0 Å². The summed E-state index contributed by atoms with van der Waals surface area (Å²) in [5.74, 6) is 0.775. The summed E-state index contributed by atoms with van der Waals surface area (Å²) in [6.45, 7) is 11.6. The second kappa shape index (κ2) is 7.30. The molecule has 2 fully saturated rings. The number of H-pyrrole nitrogens is 1. The quantitative estimate of drug-likeness (QED) is 0.658. The molecule has 0 unspecified atom stereocenters. The minimum Gasteiger partial charge on any atom is -0.368 e. The number of imidazole rings is 1. The molecule has 0 saturated carbocycles. The lowest BCUT2D eigenvalue weighted by Gasteiger charge is -2.27. The molecule has 7 nitrogen and oxygen atoms in total. The van der Waals surface area contributed by atoms with E-state index in [-0.39, 0.29) is 16.9 Å². The van der Waals surface area contributed by atoms with E-state index in [1.807, 2.05) is 23.2 Å². The van der Waals surface area contributed by atoms with Crippen molar-refractivity contribution in [3.8, 4) is 11.4 Å². The number of hydrogen-bond donors (Lipinski definition) is 2. The highest BCUT2D eigenvalue weighted by atomic mass is 16.2. The summed E-state index contributed by atoms with van der Waals surface area (Å²) in [5, 5.41) is 0. The smallest absolute Gasteiger partial charge is 0.257 e. The Balaban J connectivity index is 1.64. The standard InChI is InChI=1S/C25H32N6O/c1-16-6-5-7-19-20(16)29-22(28-19)17-12-27-13-18(21(17)30-11-9-25(4,26)15-30)23(32)31-10-8-24(2,3)14-31/h5-7,12-13H,8-11,14-15,26H2,1-4H3,(H,28,29)/t25-/m0/s1. The van der Waals surface area contributed by atoms with Crippen LogP contribution in [0.2, 0.25) is 0 Å². The van der Waals surface area contributed by atoms with Crippen molar-refractivity contribution < 1.29 is 4.79 Å². The van der Waals surface area contributed by atoms with Gasteiger partial charge in [-0.1, -0.05) is 26.0 Å². The highest BCUT2D eigenvalue weighted by Crippen LogP contribution is 2.38. The lowest BCUT2D eigenvalue weighted by atomic mass is 9.93. The first-order valence-electron chi connectivity index (χ1n) is 11.4. The maximum atomic E-state index is 13.7. The molecule has 2 aliphatic heterocycles. The van der Waals surface area contributed by atoms with E-state index in [0.717, 1.165) is 66.1 Å². The number of nitrogens with two attached hydrogens (primary N) is 1. The number of carbonyl (C=O) groups excluding carboxylic acids is 1. The third-order valence-electron chi connectivity index (χ3n) is 6.90.